The van der Waals surface area contributed by atoms with Crippen molar-refractivity contribution in [1.82, 2.24) is 4.90 Å². The van der Waals surface area contributed by atoms with Gasteiger partial charge >= 0.3 is 0 Å². The van der Waals surface area contributed by atoms with E-state index in [0.717, 1.165) is 0 Å². The van der Waals surface area contributed by atoms with Gasteiger partial charge in [-0.3, -0.25) is 4.79 Å². The molecule has 1 rings (SSSR count). The van der Waals surface area contributed by atoms with Gasteiger partial charge in [0.05, 0.1) is 4.47 Å². The fourth-order valence-electron chi connectivity index (χ4n) is 1.63. The molecular weight excluding hydrogens is 301 g/mol. The molecule has 0 heterocycles. The van der Waals surface area contributed by atoms with Crippen molar-refractivity contribution in [2.45, 2.75) is 26.3 Å². The van der Waals surface area contributed by atoms with Crippen molar-refractivity contribution in [2.24, 2.45) is 0 Å². The number of carbonyl (C=O) groups excluding carboxylic acids is 1. The summed E-state index contributed by atoms with van der Waals surface area (Å²) >= 11 is 3.05. The Labute approximate surface area is 115 Å². The van der Waals surface area contributed by atoms with E-state index in [9.17, 15) is 9.18 Å². The zero-order valence-electron chi connectivity index (χ0n) is 10.5. The van der Waals surface area contributed by atoms with Crippen LogP contribution in [0.3, 0.4) is 0 Å². The first-order valence-electron chi connectivity index (χ1n) is 5.84. The Bertz CT molecular complexity index is 423. The summed E-state index contributed by atoms with van der Waals surface area (Å²) in [4.78, 5) is 13.8. The van der Waals surface area contributed by atoms with Crippen LogP contribution in [0.15, 0.2) is 22.7 Å². The predicted molar refractivity (Wildman–Crippen MR) is 72.0 cm³/mol. The molecule has 5 heteroatoms. The zero-order chi connectivity index (χ0) is 13.7. The highest BCUT2D eigenvalue weighted by molar-refractivity contribution is 9.10. The molecule has 0 radical (unpaired) electrons. The molecule has 0 aliphatic heterocycles. The summed E-state index contributed by atoms with van der Waals surface area (Å²) in [6.45, 7) is 4.28. The standard InChI is InChI=1S/C13H17BrFNO2/c1-9(2)16(6-3-7-17)13(18)10-4-5-11(14)12(15)8-10/h4-5,8-9,17H,3,6-7H2,1-2H3. The molecule has 0 saturated carbocycles. The largest absolute Gasteiger partial charge is 0.396 e. The lowest BCUT2D eigenvalue weighted by Crippen LogP contribution is -2.38. The van der Waals surface area contributed by atoms with Gasteiger partial charge < -0.3 is 10.0 Å². The number of carbonyl (C=O) groups is 1. The Morgan fingerprint density at radius 1 is 1.50 bits per heavy atom. The second-order valence-electron chi connectivity index (χ2n) is 4.30. The third-order valence-corrected chi connectivity index (χ3v) is 3.25. The average Bonchev–Trinajstić information content (AvgIpc) is 2.32. The molecule has 0 fully saturated rings. The number of benzene rings is 1. The third-order valence-electron chi connectivity index (χ3n) is 2.61. The summed E-state index contributed by atoms with van der Waals surface area (Å²) in [6, 6.07) is 4.34. The monoisotopic (exact) mass is 317 g/mol. The van der Waals surface area contributed by atoms with E-state index in [1.54, 1.807) is 11.0 Å². The SMILES string of the molecule is CC(C)N(CCCO)C(=O)c1ccc(Br)c(F)c1. The molecule has 0 atom stereocenters. The number of rotatable bonds is 5. The predicted octanol–water partition coefficient (Wildman–Crippen LogP) is 2.82. The van der Waals surface area contributed by atoms with Gasteiger partial charge in [-0.25, -0.2) is 4.39 Å². The highest BCUT2D eigenvalue weighted by Crippen LogP contribution is 2.18. The molecule has 0 aliphatic carbocycles. The van der Waals surface area contributed by atoms with Crippen LogP contribution < -0.4 is 0 Å². The summed E-state index contributed by atoms with van der Waals surface area (Å²) in [5, 5.41) is 8.83. The Morgan fingerprint density at radius 3 is 2.67 bits per heavy atom. The molecule has 0 aromatic heterocycles. The number of amides is 1. The van der Waals surface area contributed by atoms with E-state index < -0.39 is 5.82 Å². The summed E-state index contributed by atoms with van der Waals surface area (Å²) in [7, 11) is 0. The van der Waals surface area contributed by atoms with Crippen LogP contribution in [-0.2, 0) is 0 Å². The molecule has 3 nitrogen and oxygen atoms in total. The number of hydrogen-bond acceptors (Lipinski definition) is 2. The van der Waals surface area contributed by atoms with Gasteiger partial charge in [0.25, 0.3) is 5.91 Å². The molecule has 1 N–H and O–H groups in total. The molecule has 1 aromatic rings. The third kappa shape index (κ3) is 3.78. The minimum Gasteiger partial charge on any atom is -0.396 e. The first kappa shape index (κ1) is 15.1. The molecule has 1 aromatic carbocycles. The van der Waals surface area contributed by atoms with Crippen LogP contribution in [-0.4, -0.2) is 35.1 Å². The van der Waals surface area contributed by atoms with Crippen molar-refractivity contribution in [3.05, 3.63) is 34.1 Å². The number of nitrogens with zero attached hydrogens (tertiary/aromatic N) is 1. The number of aliphatic hydroxyl groups excluding tert-OH is 1. The van der Waals surface area contributed by atoms with Crippen molar-refractivity contribution >= 4 is 21.8 Å². The quantitative estimate of drug-likeness (QED) is 0.907. The number of halogens is 2. The van der Waals surface area contributed by atoms with Crippen LogP contribution in [0.25, 0.3) is 0 Å². The van der Waals surface area contributed by atoms with E-state index >= 15 is 0 Å². The second-order valence-corrected chi connectivity index (χ2v) is 5.15. The molecule has 0 aliphatic rings. The van der Waals surface area contributed by atoms with Crippen LogP contribution in [0.2, 0.25) is 0 Å². The molecule has 0 bridgehead atoms. The first-order valence-corrected chi connectivity index (χ1v) is 6.63. The van der Waals surface area contributed by atoms with E-state index in [0.29, 0.717) is 23.0 Å². The van der Waals surface area contributed by atoms with Gasteiger partial charge in [-0.2, -0.15) is 0 Å². The lowest BCUT2D eigenvalue weighted by atomic mass is 10.1. The molecule has 0 unspecified atom stereocenters. The molecule has 1 amide bonds. The molecular formula is C13H17BrFNO2. The zero-order valence-corrected chi connectivity index (χ0v) is 12.1. The minimum atomic E-state index is -0.452. The summed E-state index contributed by atoms with van der Waals surface area (Å²) in [5.41, 5.74) is 0.322. The smallest absolute Gasteiger partial charge is 0.254 e. The van der Waals surface area contributed by atoms with Crippen LogP contribution in [0, 0.1) is 5.82 Å². The maximum atomic E-state index is 13.4. The van der Waals surface area contributed by atoms with Crippen molar-refractivity contribution in [3.63, 3.8) is 0 Å². The Balaban J connectivity index is 2.91. The van der Waals surface area contributed by atoms with Crippen molar-refractivity contribution < 1.29 is 14.3 Å². The van der Waals surface area contributed by atoms with Gasteiger partial charge in [0.1, 0.15) is 5.82 Å². The topological polar surface area (TPSA) is 40.5 Å². The van der Waals surface area contributed by atoms with Crippen LogP contribution in [0.4, 0.5) is 4.39 Å². The van der Waals surface area contributed by atoms with Crippen LogP contribution >= 0.6 is 15.9 Å². The van der Waals surface area contributed by atoms with Crippen LogP contribution in [0.5, 0.6) is 0 Å². The van der Waals surface area contributed by atoms with Gasteiger partial charge in [-0.1, -0.05) is 0 Å². The van der Waals surface area contributed by atoms with E-state index in [1.165, 1.54) is 12.1 Å². The van der Waals surface area contributed by atoms with Gasteiger partial charge in [-0.05, 0) is 54.4 Å². The maximum absolute atomic E-state index is 13.4. The molecule has 0 spiro atoms. The average molecular weight is 318 g/mol. The fraction of sp³-hybridized carbons (Fsp3) is 0.462. The first-order chi connectivity index (χ1) is 8.47. The lowest BCUT2D eigenvalue weighted by molar-refractivity contribution is 0.0692. The lowest BCUT2D eigenvalue weighted by Gasteiger charge is -2.26. The Morgan fingerprint density at radius 2 is 2.17 bits per heavy atom. The van der Waals surface area contributed by atoms with Crippen molar-refractivity contribution in [1.29, 1.82) is 0 Å². The van der Waals surface area contributed by atoms with Gasteiger partial charge in [0.2, 0.25) is 0 Å². The van der Waals surface area contributed by atoms with E-state index in [2.05, 4.69) is 15.9 Å². The fourth-order valence-corrected chi connectivity index (χ4v) is 1.88. The number of aliphatic hydroxyl groups is 1. The van der Waals surface area contributed by atoms with Gasteiger partial charge in [-0.15, -0.1) is 0 Å². The molecule has 100 valence electrons. The highest BCUT2D eigenvalue weighted by atomic mass is 79.9. The number of hydrogen-bond donors (Lipinski definition) is 1. The van der Waals surface area contributed by atoms with Gasteiger partial charge in [0, 0.05) is 24.8 Å². The maximum Gasteiger partial charge on any atom is 0.254 e. The summed E-state index contributed by atoms with van der Waals surface area (Å²) in [6.07, 6.45) is 0.517. The van der Waals surface area contributed by atoms with E-state index in [1.807, 2.05) is 13.8 Å². The van der Waals surface area contributed by atoms with Crippen LogP contribution in [0.1, 0.15) is 30.6 Å². The molecule has 0 saturated heterocycles. The highest BCUT2D eigenvalue weighted by Gasteiger charge is 2.19. The summed E-state index contributed by atoms with van der Waals surface area (Å²) < 4.78 is 13.7. The molecule has 18 heavy (non-hydrogen) atoms. The van der Waals surface area contributed by atoms with Crippen molar-refractivity contribution in [3.8, 4) is 0 Å². The Kier molecular flexibility index (Phi) is 5.75. The van der Waals surface area contributed by atoms with E-state index in [-0.39, 0.29) is 18.6 Å². The second kappa shape index (κ2) is 6.85. The Hall–Kier alpha value is -0.940. The van der Waals surface area contributed by atoms with Gasteiger partial charge in [0.15, 0.2) is 0 Å². The summed E-state index contributed by atoms with van der Waals surface area (Å²) in [5.74, 6) is -0.670. The normalized spacial score (nSPS) is 10.8. The minimum absolute atomic E-state index is 0.00996. The van der Waals surface area contributed by atoms with E-state index in [4.69, 9.17) is 5.11 Å². The van der Waals surface area contributed by atoms with Crippen molar-refractivity contribution in [2.75, 3.05) is 13.2 Å².